The molecule has 0 saturated carbocycles. The Morgan fingerprint density at radius 3 is 2.57 bits per heavy atom. The second kappa shape index (κ2) is 8.08. The Kier molecular flexibility index (Phi) is 5.87. The van der Waals surface area contributed by atoms with Gasteiger partial charge in [0.1, 0.15) is 5.67 Å². The van der Waals surface area contributed by atoms with Crippen LogP contribution in [0.2, 0.25) is 0 Å². The SMILES string of the molecule is CC(C)CC(=O)N1c2ccc(-c3cnn(CC(C)(C)F)c3)cc2N(C(=O)O)C[C@@H]1C. The third-order valence-corrected chi connectivity index (χ3v) is 5.00. The Morgan fingerprint density at radius 2 is 1.97 bits per heavy atom. The molecule has 8 heteroatoms. The van der Waals surface area contributed by atoms with Gasteiger partial charge in [-0.15, -0.1) is 0 Å². The Balaban J connectivity index is 2.01. The van der Waals surface area contributed by atoms with E-state index in [9.17, 15) is 19.1 Å². The molecule has 2 amide bonds. The molecule has 1 aliphatic rings. The van der Waals surface area contributed by atoms with E-state index in [2.05, 4.69) is 5.10 Å². The zero-order chi connectivity index (χ0) is 22.2. The molecule has 1 aliphatic heterocycles. The van der Waals surface area contributed by atoms with Crippen LogP contribution in [0.1, 0.15) is 41.0 Å². The average Bonchev–Trinajstić information content (AvgIpc) is 3.06. The first-order valence-corrected chi connectivity index (χ1v) is 10.1. The summed E-state index contributed by atoms with van der Waals surface area (Å²) in [5, 5.41) is 13.9. The lowest BCUT2D eigenvalue weighted by Gasteiger charge is -2.40. The number of aromatic nitrogens is 2. The van der Waals surface area contributed by atoms with Gasteiger partial charge in [0.05, 0.1) is 30.2 Å². The Morgan fingerprint density at radius 1 is 1.27 bits per heavy atom. The predicted octanol–water partition coefficient (Wildman–Crippen LogP) is 4.56. The Bertz CT molecular complexity index is 948. The minimum absolute atomic E-state index is 0.0189. The van der Waals surface area contributed by atoms with E-state index in [4.69, 9.17) is 0 Å². The molecule has 0 saturated heterocycles. The number of carboxylic acid groups (broad SMARTS) is 1. The minimum atomic E-state index is -1.40. The number of alkyl halides is 1. The molecule has 7 nitrogen and oxygen atoms in total. The lowest BCUT2D eigenvalue weighted by molar-refractivity contribution is -0.119. The van der Waals surface area contributed by atoms with Gasteiger partial charge in [-0.1, -0.05) is 19.9 Å². The van der Waals surface area contributed by atoms with Crippen LogP contribution in [0.3, 0.4) is 0 Å². The molecule has 0 spiro atoms. The van der Waals surface area contributed by atoms with Crippen molar-refractivity contribution in [2.75, 3.05) is 16.3 Å². The summed E-state index contributed by atoms with van der Waals surface area (Å²) in [6.45, 7) is 9.11. The molecule has 1 aromatic heterocycles. The van der Waals surface area contributed by atoms with E-state index in [1.54, 1.807) is 29.4 Å². The van der Waals surface area contributed by atoms with Gasteiger partial charge in [-0.25, -0.2) is 9.18 Å². The largest absolute Gasteiger partial charge is 0.465 e. The number of amides is 2. The molecule has 0 unspecified atom stereocenters. The van der Waals surface area contributed by atoms with Crippen molar-refractivity contribution in [1.29, 1.82) is 0 Å². The van der Waals surface area contributed by atoms with Crippen molar-refractivity contribution >= 4 is 23.4 Å². The zero-order valence-corrected chi connectivity index (χ0v) is 18.1. The van der Waals surface area contributed by atoms with Crippen molar-refractivity contribution in [3.8, 4) is 11.1 Å². The van der Waals surface area contributed by atoms with Crippen LogP contribution in [0.15, 0.2) is 30.6 Å². The van der Waals surface area contributed by atoms with Crippen LogP contribution in [0, 0.1) is 5.92 Å². The maximum absolute atomic E-state index is 13.9. The van der Waals surface area contributed by atoms with Crippen molar-refractivity contribution in [2.45, 2.75) is 59.3 Å². The number of rotatable bonds is 5. The van der Waals surface area contributed by atoms with Crippen molar-refractivity contribution < 1.29 is 19.1 Å². The number of hydrogen-bond donors (Lipinski definition) is 1. The van der Waals surface area contributed by atoms with Crippen molar-refractivity contribution in [3.05, 3.63) is 30.6 Å². The highest BCUT2D eigenvalue weighted by Crippen LogP contribution is 2.39. The van der Waals surface area contributed by atoms with Crippen molar-refractivity contribution in [3.63, 3.8) is 0 Å². The van der Waals surface area contributed by atoms with E-state index in [1.807, 2.05) is 26.8 Å². The van der Waals surface area contributed by atoms with Gasteiger partial charge in [0.25, 0.3) is 0 Å². The zero-order valence-electron chi connectivity index (χ0n) is 18.1. The van der Waals surface area contributed by atoms with Crippen LogP contribution in [0.5, 0.6) is 0 Å². The van der Waals surface area contributed by atoms with Gasteiger partial charge in [-0.2, -0.15) is 5.10 Å². The van der Waals surface area contributed by atoms with Crippen LogP contribution in [0.4, 0.5) is 20.6 Å². The fourth-order valence-corrected chi connectivity index (χ4v) is 3.80. The predicted molar refractivity (Wildman–Crippen MR) is 115 cm³/mol. The second-order valence-corrected chi connectivity index (χ2v) is 8.95. The summed E-state index contributed by atoms with van der Waals surface area (Å²) in [6, 6.07) is 5.12. The average molecular weight is 416 g/mol. The van der Waals surface area contributed by atoms with Gasteiger partial charge >= 0.3 is 6.09 Å². The normalized spacial score (nSPS) is 16.7. The summed E-state index contributed by atoms with van der Waals surface area (Å²) in [4.78, 5) is 27.7. The molecular weight excluding hydrogens is 387 g/mol. The third kappa shape index (κ3) is 4.63. The van der Waals surface area contributed by atoms with Gasteiger partial charge in [-0.3, -0.25) is 14.4 Å². The van der Waals surface area contributed by atoms with Gasteiger partial charge in [0.15, 0.2) is 0 Å². The van der Waals surface area contributed by atoms with Gasteiger partial charge < -0.3 is 10.0 Å². The topological polar surface area (TPSA) is 78.7 Å². The summed E-state index contributed by atoms with van der Waals surface area (Å²) in [6.07, 6.45) is 2.70. The summed E-state index contributed by atoms with van der Waals surface area (Å²) in [5.41, 5.74) is 1.17. The first-order valence-electron chi connectivity index (χ1n) is 10.1. The molecule has 162 valence electrons. The lowest BCUT2D eigenvalue weighted by Crippen LogP contribution is -2.51. The summed E-state index contributed by atoms with van der Waals surface area (Å²) in [5.74, 6) is 0.185. The van der Waals surface area contributed by atoms with E-state index in [0.717, 1.165) is 11.1 Å². The number of carbonyl (C=O) groups excluding carboxylic acids is 1. The molecule has 30 heavy (non-hydrogen) atoms. The smallest absolute Gasteiger partial charge is 0.411 e. The number of benzene rings is 1. The second-order valence-electron chi connectivity index (χ2n) is 8.95. The Labute approximate surface area is 176 Å². The fraction of sp³-hybridized carbons (Fsp3) is 0.500. The molecule has 2 heterocycles. The van der Waals surface area contributed by atoms with E-state index in [0.29, 0.717) is 17.8 Å². The number of anilines is 2. The molecular formula is C22H29FN4O3. The molecule has 2 aromatic rings. The number of halogens is 1. The molecule has 0 radical (unpaired) electrons. The van der Waals surface area contributed by atoms with Crippen LogP contribution < -0.4 is 9.80 Å². The molecule has 0 fully saturated rings. The van der Waals surface area contributed by atoms with E-state index in [1.165, 1.54) is 23.4 Å². The monoisotopic (exact) mass is 416 g/mol. The summed E-state index contributed by atoms with van der Waals surface area (Å²) >= 11 is 0. The van der Waals surface area contributed by atoms with Crippen LogP contribution in [0.25, 0.3) is 11.1 Å². The standard InChI is InChI=1S/C22H29FN4O3/c1-14(2)8-20(28)27-15(3)11-26(21(29)30)19-9-16(6-7-18(19)27)17-10-24-25(12-17)13-22(4,5)23/h6-7,9-10,12,14-15H,8,11,13H2,1-5H3,(H,29,30)/t15-/m0/s1. The molecule has 1 atom stereocenters. The first kappa shape index (κ1) is 21.8. The number of carbonyl (C=O) groups is 2. The number of nitrogens with zero attached hydrogens (tertiary/aromatic N) is 4. The van der Waals surface area contributed by atoms with Gasteiger partial charge in [0, 0.05) is 24.7 Å². The molecule has 1 aromatic carbocycles. The number of hydrogen-bond acceptors (Lipinski definition) is 3. The maximum atomic E-state index is 13.9. The first-order chi connectivity index (χ1) is 14.0. The van der Waals surface area contributed by atoms with Gasteiger partial charge in [0.2, 0.25) is 5.91 Å². The molecule has 0 aliphatic carbocycles. The van der Waals surface area contributed by atoms with Crippen molar-refractivity contribution in [1.82, 2.24) is 9.78 Å². The highest BCUT2D eigenvalue weighted by Gasteiger charge is 2.35. The van der Waals surface area contributed by atoms with E-state index >= 15 is 0 Å². The third-order valence-electron chi connectivity index (χ3n) is 5.00. The van der Waals surface area contributed by atoms with Crippen molar-refractivity contribution in [2.24, 2.45) is 5.92 Å². The highest BCUT2D eigenvalue weighted by atomic mass is 19.1. The Hall–Kier alpha value is -2.90. The lowest BCUT2D eigenvalue weighted by atomic mass is 10.0. The van der Waals surface area contributed by atoms with Gasteiger partial charge in [-0.05, 0) is 44.4 Å². The molecule has 3 rings (SSSR count). The van der Waals surface area contributed by atoms with Crippen LogP contribution in [-0.4, -0.2) is 45.1 Å². The molecule has 0 bridgehead atoms. The molecule has 1 N–H and O–H groups in total. The van der Waals surface area contributed by atoms with E-state index < -0.39 is 11.8 Å². The number of fused-ring (bicyclic) bond motifs is 1. The maximum Gasteiger partial charge on any atom is 0.411 e. The summed E-state index contributed by atoms with van der Waals surface area (Å²) in [7, 11) is 0. The highest BCUT2D eigenvalue weighted by molar-refractivity contribution is 6.03. The summed E-state index contributed by atoms with van der Waals surface area (Å²) < 4.78 is 15.5. The fourth-order valence-electron chi connectivity index (χ4n) is 3.80. The van der Waals surface area contributed by atoms with Crippen LogP contribution >= 0.6 is 0 Å². The van der Waals surface area contributed by atoms with Crippen LogP contribution in [-0.2, 0) is 11.3 Å². The van der Waals surface area contributed by atoms with E-state index in [-0.39, 0.29) is 31.0 Å². The quantitative estimate of drug-likeness (QED) is 0.775. The minimum Gasteiger partial charge on any atom is -0.465 e.